The fourth-order valence-corrected chi connectivity index (χ4v) is 8.40. The lowest BCUT2D eigenvalue weighted by atomic mass is 9.96. The van der Waals surface area contributed by atoms with Crippen LogP contribution in [0.5, 0.6) is 0 Å². The summed E-state index contributed by atoms with van der Waals surface area (Å²) in [4.78, 5) is 134. The van der Waals surface area contributed by atoms with Crippen LogP contribution in [0.3, 0.4) is 0 Å². The number of nitrogens with one attached hydrogen (secondary N) is 7. The van der Waals surface area contributed by atoms with Crippen LogP contribution in [0, 0.1) is 5.92 Å². The van der Waals surface area contributed by atoms with E-state index < -0.39 is 170 Å². The molecule has 3 heterocycles. The summed E-state index contributed by atoms with van der Waals surface area (Å²) in [6.45, 7) is 7.00. The van der Waals surface area contributed by atoms with Gasteiger partial charge in [0.25, 0.3) is 0 Å². The Morgan fingerprint density at radius 2 is 1.28 bits per heavy atom. The van der Waals surface area contributed by atoms with Gasteiger partial charge in [0.1, 0.15) is 66.6 Å². The quantitative estimate of drug-likeness (QED) is 0.0427. The summed E-state index contributed by atoms with van der Waals surface area (Å²) in [5.74, 6) is -9.42. The molecule has 28 heteroatoms. The van der Waals surface area contributed by atoms with Crippen LogP contribution < -0.4 is 43.0 Å². The molecule has 0 aliphatic carbocycles. The van der Waals surface area contributed by atoms with E-state index in [4.69, 9.17) is 15.2 Å². The predicted molar refractivity (Wildman–Crippen MR) is 243 cm³/mol. The summed E-state index contributed by atoms with van der Waals surface area (Å²) < 4.78 is 11.8. The van der Waals surface area contributed by atoms with Crippen molar-refractivity contribution in [1.29, 1.82) is 0 Å². The number of aliphatic hydroxyl groups is 6. The first-order chi connectivity index (χ1) is 33.3. The third-order valence-electron chi connectivity index (χ3n) is 12.6. The average molecular weight is 1020 g/mol. The minimum absolute atomic E-state index is 0.0134. The second-order valence-electron chi connectivity index (χ2n) is 18.1. The van der Waals surface area contributed by atoms with Crippen LogP contribution in [0.1, 0.15) is 80.6 Å². The van der Waals surface area contributed by atoms with Crippen molar-refractivity contribution in [2.45, 2.75) is 172 Å². The molecule has 3 fully saturated rings. The Kier molecular flexibility index (Phi) is 22.9. The Bertz CT molecular complexity index is 1930. The molecular formula is C43H72N10O18. The van der Waals surface area contributed by atoms with Crippen molar-refractivity contribution in [3.63, 3.8) is 0 Å². The molecule has 3 aliphatic heterocycles. The number of rotatable bonds is 24. The summed E-state index contributed by atoms with van der Waals surface area (Å²) in [6.07, 6.45) is -9.91. The number of carbonyl (C=O) groups is 10. The standard InChI is InChI=1S/C43H72N10O18/c1-8-18(2)29(40(67)47-24(16-54)37(64)50-30(19(3)56)36(44)63)49-39(66)26-12-10-14-53(26)42(69)32(21(5)70-43-33(46-22(6)58)35(62)34(61)27(17-55)71-43)51-41(68)31(20(4)57)48-28(60)15-45-38(65)25-11-9-13-52(25)23(7)59/h18-21,24-27,29-35,43,54-57,61-62H,8-17H2,1-7H3,(H2,44,63)(H,45,65)(H,46,58)(H,47,67)(H,48,60)(H,49,66)(H,50,64)(H,51,68)/t18-,19+,20+,21+,24-,25-,26-,27+,29-,30-,31-,32-,33+,34-,35+,43-/m0/s1. The van der Waals surface area contributed by atoms with E-state index in [0.29, 0.717) is 19.4 Å². The molecule has 71 heavy (non-hydrogen) atoms. The monoisotopic (exact) mass is 1020 g/mol. The highest BCUT2D eigenvalue weighted by Gasteiger charge is 2.48. The lowest BCUT2D eigenvalue weighted by molar-refractivity contribution is -0.281. The molecule has 3 rings (SSSR count). The van der Waals surface area contributed by atoms with E-state index in [9.17, 15) is 78.6 Å². The van der Waals surface area contributed by atoms with Crippen LogP contribution in [-0.2, 0) is 57.4 Å². The maximum Gasteiger partial charge on any atom is 0.248 e. The molecule has 16 atom stereocenters. The molecule has 3 aliphatic rings. The van der Waals surface area contributed by atoms with Gasteiger partial charge < -0.3 is 92.9 Å². The molecule has 3 saturated heterocycles. The summed E-state index contributed by atoms with van der Waals surface area (Å²) in [5, 5.41) is 78.6. The fourth-order valence-electron chi connectivity index (χ4n) is 8.40. The van der Waals surface area contributed by atoms with E-state index in [1.54, 1.807) is 13.8 Å². The number of nitrogens with zero attached hydrogens (tertiary/aromatic N) is 2. The van der Waals surface area contributed by atoms with Crippen molar-refractivity contribution < 1.29 is 88.1 Å². The number of likely N-dealkylation sites (tertiary alicyclic amines) is 2. The van der Waals surface area contributed by atoms with Crippen molar-refractivity contribution in [3.8, 4) is 0 Å². The highest BCUT2D eigenvalue weighted by molar-refractivity contribution is 5.98. The third-order valence-corrected chi connectivity index (χ3v) is 12.6. The Labute approximate surface area is 409 Å². The van der Waals surface area contributed by atoms with Crippen LogP contribution >= 0.6 is 0 Å². The molecule has 0 aromatic carbocycles. The van der Waals surface area contributed by atoms with Crippen molar-refractivity contribution in [2.75, 3.05) is 32.8 Å². The van der Waals surface area contributed by atoms with Crippen molar-refractivity contribution in [3.05, 3.63) is 0 Å². The number of nitrogens with two attached hydrogens (primary N) is 1. The summed E-state index contributed by atoms with van der Waals surface area (Å²) in [7, 11) is 0. The maximum atomic E-state index is 14.8. The first-order valence-corrected chi connectivity index (χ1v) is 23.5. The Hall–Kier alpha value is -5.62. The average Bonchev–Trinajstić information content (AvgIpc) is 4.02. The molecule has 0 aromatic heterocycles. The normalized spacial score (nSPS) is 25.9. The van der Waals surface area contributed by atoms with Crippen LogP contribution in [0.25, 0.3) is 0 Å². The Morgan fingerprint density at radius 3 is 1.80 bits per heavy atom. The molecule has 15 N–H and O–H groups in total. The highest BCUT2D eigenvalue weighted by Crippen LogP contribution is 2.26. The first-order valence-electron chi connectivity index (χ1n) is 23.5. The van der Waals surface area contributed by atoms with Gasteiger partial charge in [-0.25, -0.2) is 0 Å². The van der Waals surface area contributed by atoms with E-state index >= 15 is 0 Å². The molecule has 0 unspecified atom stereocenters. The Balaban J connectivity index is 1.94. The van der Waals surface area contributed by atoms with Gasteiger partial charge in [-0.15, -0.1) is 0 Å². The zero-order chi connectivity index (χ0) is 53.6. The third kappa shape index (κ3) is 15.9. The van der Waals surface area contributed by atoms with Gasteiger partial charge >= 0.3 is 0 Å². The van der Waals surface area contributed by atoms with E-state index in [1.165, 1.54) is 25.7 Å². The number of hydrogen-bond acceptors (Lipinski definition) is 18. The fraction of sp³-hybridized carbons (Fsp3) is 0.767. The van der Waals surface area contributed by atoms with E-state index in [0.717, 1.165) is 18.7 Å². The number of carbonyl (C=O) groups excluding carboxylic acids is 10. The molecule has 0 aromatic rings. The van der Waals surface area contributed by atoms with Gasteiger partial charge in [-0.2, -0.15) is 0 Å². The van der Waals surface area contributed by atoms with Crippen molar-refractivity contribution in [2.24, 2.45) is 11.7 Å². The molecule has 10 amide bonds. The largest absolute Gasteiger partial charge is 0.394 e. The molecule has 0 saturated carbocycles. The van der Waals surface area contributed by atoms with Gasteiger partial charge in [-0.05, 0) is 52.4 Å². The minimum Gasteiger partial charge on any atom is -0.394 e. The van der Waals surface area contributed by atoms with Crippen LogP contribution in [0.2, 0.25) is 0 Å². The van der Waals surface area contributed by atoms with Gasteiger partial charge in [-0.1, -0.05) is 20.3 Å². The molecule has 0 bridgehead atoms. The van der Waals surface area contributed by atoms with Gasteiger partial charge in [0.05, 0.1) is 38.1 Å². The van der Waals surface area contributed by atoms with Crippen LogP contribution in [0.15, 0.2) is 0 Å². The topological polar surface area (TPSA) is 427 Å². The minimum atomic E-state index is -1.85. The van der Waals surface area contributed by atoms with Crippen LogP contribution in [0.4, 0.5) is 0 Å². The second-order valence-corrected chi connectivity index (χ2v) is 18.1. The Morgan fingerprint density at radius 1 is 0.718 bits per heavy atom. The first kappa shape index (κ1) is 59.7. The molecule has 0 radical (unpaired) electrons. The van der Waals surface area contributed by atoms with Crippen LogP contribution in [-0.4, -0.2) is 224 Å². The molecule has 402 valence electrons. The number of ether oxygens (including phenoxy) is 2. The number of primary amides is 1. The van der Waals surface area contributed by atoms with Crippen molar-refractivity contribution in [1.82, 2.24) is 47.0 Å². The van der Waals surface area contributed by atoms with Crippen molar-refractivity contribution >= 4 is 59.1 Å². The summed E-state index contributed by atoms with van der Waals surface area (Å²) >= 11 is 0. The van der Waals surface area contributed by atoms with Gasteiger partial charge in [0.15, 0.2) is 6.29 Å². The SMILES string of the molecule is CC[C@H](C)[C@H](NC(=O)[C@@H]1CCCN1C(=O)[C@@H](NC(=O)[C@@H](NC(=O)CNC(=O)[C@@H]1CCCN1C(C)=O)[C@@H](C)O)[C@@H](C)O[C@H]1O[C@H](CO)[C@H](O)[C@H](O)[C@H]1NC(C)=O)C(=O)N[C@@H](CO)C(=O)N[C@H](C(N)=O)[C@@H](C)O. The lowest BCUT2D eigenvalue weighted by Crippen LogP contribution is -2.66. The van der Waals surface area contributed by atoms with Gasteiger partial charge in [-0.3, -0.25) is 47.9 Å². The lowest BCUT2D eigenvalue weighted by Gasteiger charge is -2.43. The summed E-state index contributed by atoms with van der Waals surface area (Å²) in [5.41, 5.74) is 5.25. The zero-order valence-corrected chi connectivity index (χ0v) is 40.9. The van der Waals surface area contributed by atoms with Gasteiger partial charge in [0, 0.05) is 26.9 Å². The van der Waals surface area contributed by atoms with Gasteiger partial charge in [0.2, 0.25) is 59.1 Å². The molecular weight excluding hydrogens is 945 g/mol. The number of aliphatic hydroxyl groups excluding tert-OH is 6. The zero-order valence-electron chi connectivity index (χ0n) is 40.9. The summed E-state index contributed by atoms with van der Waals surface area (Å²) in [6, 6.07) is -12.0. The maximum absolute atomic E-state index is 14.8. The highest BCUT2D eigenvalue weighted by atomic mass is 16.7. The molecule has 0 spiro atoms. The second kappa shape index (κ2) is 27.3. The van der Waals surface area contributed by atoms with E-state index in [-0.39, 0.29) is 31.7 Å². The van der Waals surface area contributed by atoms with E-state index in [1.807, 2.05) is 0 Å². The number of amides is 10. The van der Waals surface area contributed by atoms with E-state index in [2.05, 4.69) is 37.2 Å². The molecule has 28 nitrogen and oxygen atoms in total. The number of hydrogen-bond donors (Lipinski definition) is 14. The predicted octanol–water partition coefficient (Wildman–Crippen LogP) is -7.84. The smallest absolute Gasteiger partial charge is 0.248 e.